The third kappa shape index (κ3) is 3.74. The smallest absolute Gasteiger partial charge is 0.269 e. The number of nitrogens with zero attached hydrogens (tertiary/aromatic N) is 2. The van der Waals surface area contributed by atoms with Crippen molar-refractivity contribution in [1.82, 2.24) is 4.98 Å². The Labute approximate surface area is 164 Å². The van der Waals surface area contributed by atoms with E-state index < -0.39 is 4.92 Å². The molecule has 28 heavy (non-hydrogen) atoms. The zero-order valence-corrected chi connectivity index (χ0v) is 15.5. The van der Waals surface area contributed by atoms with Crippen LogP contribution in [0, 0.1) is 10.1 Å². The molecule has 0 spiro atoms. The maximum absolute atomic E-state index is 12.5. The summed E-state index contributed by atoms with van der Waals surface area (Å²) in [6, 6.07) is 21.4. The molecule has 1 heterocycles. The van der Waals surface area contributed by atoms with Crippen LogP contribution in [0.3, 0.4) is 0 Å². The molecule has 0 radical (unpaired) electrons. The van der Waals surface area contributed by atoms with Crippen LogP contribution in [-0.2, 0) is 11.2 Å². The highest BCUT2D eigenvalue weighted by Crippen LogP contribution is 2.34. The molecule has 0 atom stereocenters. The van der Waals surface area contributed by atoms with E-state index in [1.54, 1.807) is 23.5 Å². The number of nitro benzene ring substituents is 1. The molecule has 138 valence electrons. The number of carbonyl (C=O) groups excluding carboxylic acids is 1. The number of carbonyl (C=O) groups is 1. The van der Waals surface area contributed by atoms with Crippen molar-refractivity contribution in [3.8, 4) is 10.6 Å². The lowest BCUT2D eigenvalue weighted by Gasteiger charge is -2.09. The first-order valence-corrected chi connectivity index (χ1v) is 9.40. The molecule has 6 nitrogen and oxygen atoms in total. The van der Waals surface area contributed by atoms with Gasteiger partial charge in [-0.25, -0.2) is 4.98 Å². The lowest BCUT2D eigenvalue weighted by molar-refractivity contribution is -0.384. The predicted octanol–water partition coefficient (Wildman–Crippen LogP) is 5.05. The summed E-state index contributed by atoms with van der Waals surface area (Å²) in [5, 5.41) is 14.5. The average Bonchev–Trinajstić information content (AvgIpc) is 3.12. The summed E-state index contributed by atoms with van der Waals surface area (Å²) in [6.07, 6.45) is 0.131. The molecule has 0 aliphatic rings. The van der Waals surface area contributed by atoms with Gasteiger partial charge >= 0.3 is 0 Å². The van der Waals surface area contributed by atoms with Gasteiger partial charge in [-0.3, -0.25) is 14.9 Å². The molecule has 0 saturated carbocycles. The fourth-order valence-corrected chi connectivity index (χ4v) is 3.89. The first-order chi connectivity index (χ1) is 13.6. The van der Waals surface area contributed by atoms with E-state index in [0.29, 0.717) is 11.3 Å². The Bertz CT molecular complexity index is 1140. The van der Waals surface area contributed by atoms with Crippen LogP contribution >= 0.6 is 11.3 Å². The first-order valence-electron chi connectivity index (χ1n) is 8.58. The van der Waals surface area contributed by atoms with Gasteiger partial charge in [-0.1, -0.05) is 36.4 Å². The number of anilines is 1. The van der Waals surface area contributed by atoms with E-state index in [0.717, 1.165) is 20.8 Å². The molecule has 0 aliphatic heterocycles. The number of thiazole rings is 1. The minimum atomic E-state index is -0.460. The zero-order chi connectivity index (χ0) is 19.5. The second kappa shape index (κ2) is 7.58. The molecule has 1 aromatic heterocycles. The van der Waals surface area contributed by atoms with Crippen molar-refractivity contribution < 1.29 is 9.72 Å². The number of amides is 1. The van der Waals surface area contributed by atoms with Crippen molar-refractivity contribution in [2.24, 2.45) is 0 Å². The third-order valence-corrected chi connectivity index (χ3v) is 5.31. The monoisotopic (exact) mass is 389 g/mol. The van der Waals surface area contributed by atoms with Gasteiger partial charge in [0.15, 0.2) is 0 Å². The van der Waals surface area contributed by atoms with Gasteiger partial charge in [0.05, 0.1) is 27.2 Å². The van der Waals surface area contributed by atoms with Crippen molar-refractivity contribution in [3.05, 3.63) is 88.5 Å². The van der Waals surface area contributed by atoms with Crippen LogP contribution < -0.4 is 5.32 Å². The highest BCUT2D eigenvalue weighted by atomic mass is 32.1. The largest absolute Gasteiger partial charge is 0.325 e. The van der Waals surface area contributed by atoms with Crippen LogP contribution in [0.15, 0.2) is 72.8 Å². The molecule has 1 amide bonds. The fraction of sp³-hybridized carbons (Fsp3) is 0.0476. The normalized spacial score (nSPS) is 10.7. The van der Waals surface area contributed by atoms with E-state index in [1.165, 1.54) is 12.1 Å². The zero-order valence-electron chi connectivity index (χ0n) is 14.7. The van der Waals surface area contributed by atoms with E-state index in [1.807, 2.05) is 48.5 Å². The van der Waals surface area contributed by atoms with Gasteiger partial charge < -0.3 is 5.32 Å². The van der Waals surface area contributed by atoms with Gasteiger partial charge in [0.2, 0.25) is 5.91 Å². The minimum Gasteiger partial charge on any atom is -0.325 e. The number of benzene rings is 3. The van der Waals surface area contributed by atoms with Crippen LogP contribution in [0.25, 0.3) is 20.8 Å². The standard InChI is InChI=1S/C21H15N3O3S/c25-20(13-14-9-11-15(12-10-14)24(26)27)22-17-6-2-1-5-16(17)21-23-18-7-3-4-8-19(18)28-21/h1-12H,13H2,(H,22,25). The van der Waals surface area contributed by atoms with Gasteiger partial charge in [-0.2, -0.15) is 0 Å². The number of hydrogen-bond donors (Lipinski definition) is 1. The summed E-state index contributed by atoms with van der Waals surface area (Å²) in [7, 11) is 0. The SMILES string of the molecule is O=C(Cc1ccc([N+](=O)[O-])cc1)Nc1ccccc1-c1nc2ccccc2s1. The number of nitrogens with one attached hydrogen (secondary N) is 1. The molecule has 1 N–H and O–H groups in total. The molecular formula is C21H15N3O3S. The lowest BCUT2D eigenvalue weighted by Crippen LogP contribution is -2.15. The Kier molecular flexibility index (Phi) is 4.82. The van der Waals surface area contributed by atoms with E-state index in [-0.39, 0.29) is 18.0 Å². The van der Waals surface area contributed by atoms with Gasteiger partial charge in [0.25, 0.3) is 5.69 Å². The van der Waals surface area contributed by atoms with Gasteiger partial charge in [-0.05, 0) is 29.8 Å². The predicted molar refractivity (Wildman–Crippen MR) is 110 cm³/mol. The van der Waals surface area contributed by atoms with Crippen LogP contribution in [0.1, 0.15) is 5.56 Å². The lowest BCUT2D eigenvalue weighted by atomic mass is 10.1. The second-order valence-corrected chi connectivity index (χ2v) is 7.21. The van der Waals surface area contributed by atoms with Crippen molar-refractivity contribution >= 4 is 38.8 Å². The van der Waals surface area contributed by atoms with Crippen LogP contribution in [-0.4, -0.2) is 15.8 Å². The van der Waals surface area contributed by atoms with Crippen LogP contribution in [0.4, 0.5) is 11.4 Å². The average molecular weight is 389 g/mol. The summed E-state index contributed by atoms with van der Waals surface area (Å²) >= 11 is 1.57. The number of hydrogen-bond acceptors (Lipinski definition) is 5. The number of para-hydroxylation sites is 2. The van der Waals surface area contributed by atoms with E-state index in [9.17, 15) is 14.9 Å². The molecule has 0 aliphatic carbocycles. The molecule has 0 fully saturated rings. The van der Waals surface area contributed by atoms with Gasteiger partial charge in [-0.15, -0.1) is 11.3 Å². The fourth-order valence-electron chi connectivity index (χ4n) is 2.88. The Hall–Kier alpha value is -3.58. The third-order valence-electron chi connectivity index (χ3n) is 4.24. The molecule has 4 rings (SSSR count). The molecular weight excluding hydrogens is 374 g/mol. The molecule has 7 heteroatoms. The highest BCUT2D eigenvalue weighted by molar-refractivity contribution is 7.21. The molecule has 0 bridgehead atoms. The summed E-state index contributed by atoms with van der Waals surface area (Å²) in [6.45, 7) is 0. The topological polar surface area (TPSA) is 85.1 Å². The first kappa shape index (κ1) is 17.8. The summed E-state index contributed by atoms with van der Waals surface area (Å²) in [5.74, 6) is -0.192. The Morgan fingerprint density at radius 2 is 1.71 bits per heavy atom. The van der Waals surface area contributed by atoms with E-state index in [2.05, 4.69) is 10.3 Å². The van der Waals surface area contributed by atoms with Crippen molar-refractivity contribution in [2.45, 2.75) is 6.42 Å². The second-order valence-electron chi connectivity index (χ2n) is 6.18. The van der Waals surface area contributed by atoms with E-state index in [4.69, 9.17) is 0 Å². The number of nitro groups is 1. The highest BCUT2D eigenvalue weighted by Gasteiger charge is 2.13. The Morgan fingerprint density at radius 3 is 2.46 bits per heavy atom. The van der Waals surface area contributed by atoms with Crippen molar-refractivity contribution in [1.29, 1.82) is 0 Å². The molecule has 0 saturated heterocycles. The number of aromatic nitrogens is 1. The molecule has 3 aromatic carbocycles. The molecule has 0 unspecified atom stereocenters. The van der Waals surface area contributed by atoms with Crippen LogP contribution in [0.2, 0.25) is 0 Å². The number of non-ortho nitro benzene ring substituents is 1. The Balaban J connectivity index is 1.55. The maximum atomic E-state index is 12.5. The van der Waals surface area contributed by atoms with Gasteiger partial charge in [0.1, 0.15) is 5.01 Å². The quantitative estimate of drug-likeness (QED) is 0.382. The summed E-state index contributed by atoms with van der Waals surface area (Å²) in [4.78, 5) is 27.4. The van der Waals surface area contributed by atoms with Gasteiger partial charge in [0, 0.05) is 17.7 Å². The molecule has 4 aromatic rings. The van der Waals surface area contributed by atoms with E-state index >= 15 is 0 Å². The minimum absolute atomic E-state index is 0.00494. The summed E-state index contributed by atoms with van der Waals surface area (Å²) in [5.41, 5.74) is 3.19. The summed E-state index contributed by atoms with van der Waals surface area (Å²) < 4.78 is 1.09. The van der Waals surface area contributed by atoms with Crippen molar-refractivity contribution in [2.75, 3.05) is 5.32 Å². The number of fused-ring (bicyclic) bond motifs is 1. The van der Waals surface area contributed by atoms with Crippen molar-refractivity contribution in [3.63, 3.8) is 0 Å². The maximum Gasteiger partial charge on any atom is 0.269 e. The number of rotatable bonds is 5. The van der Waals surface area contributed by atoms with Crippen LogP contribution in [0.5, 0.6) is 0 Å². The Morgan fingerprint density at radius 1 is 1.00 bits per heavy atom.